The zero-order valence-electron chi connectivity index (χ0n) is 17.5. The Labute approximate surface area is 217 Å². The van der Waals surface area contributed by atoms with Gasteiger partial charge in [-0.3, -0.25) is 4.79 Å². The maximum atomic E-state index is 11.0. The summed E-state index contributed by atoms with van der Waals surface area (Å²) in [7, 11) is 0. The molecule has 1 unspecified atom stereocenters. The molecule has 34 heavy (non-hydrogen) atoms. The van der Waals surface area contributed by atoms with Crippen LogP contribution in [-0.2, 0) is 17.8 Å². The summed E-state index contributed by atoms with van der Waals surface area (Å²) >= 11 is 12.7. The number of carbonyl (C=O) groups is 1. The van der Waals surface area contributed by atoms with Gasteiger partial charge in [-0.15, -0.1) is 24.8 Å². The molecular weight excluding hydrogens is 524 g/mol. The Morgan fingerprint density at radius 3 is 2.35 bits per heavy atom. The van der Waals surface area contributed by atoms with Crippen LogP contribution in [0.25, 0.3) is 22.6 Å². The quantitative estimate of drug-likeness (QED) is 0.252. The lowest BCUT2D eigenvalue weighted by molar-refractivity contribution is -0.138. The van der Waals surface area contributed by atoms with Crippen molar-refractivity contribution in [2.45, 2.75) is 19.1 Å². The normalized spacial score (nSPS) is 11.4. The summed E-state index contributed by atoms with van der Waals surface area (Å²) in [6.45, 7) is 0.0817. The molecule has 11 heteroatoms. The minimum absolute atomic E-state index is 0. The predicted molar refractivity (Wildman–Crippen MR) is 138 cm³/mol. The molecule has 7 nitrogen and oxygen atoms in total. The number of nitrogens with zero attached hydrogens (tertiary/aromatic N) is 1. The molecule has 1 atom stereocenters. The van der Waals surface area contributed by atoms with Gasteiger partial charge in [-0.25, -0.2) is 4.98 Å². The molecule has 0 amide bonds. The largest absolute Gasteiger partial charge is 0.486 e. The van der Waals surface area contributed by atoms with E-state index in [1.54, 1.807) is 24.3 Å². The first-order chi connectivity index (χ1) is 15.3. The molecule has 0 saturated carbocycles. The Morgan fingerprint density at radius 2 is 1.74 bits per heavy atom. The van der Waals surface area contributed by atoms with E-state index >= 15 is 0 Å². The number of aromatic nitrogens is 1. The molecule has 4 rings (SSSR count). The highest BCUT2D eigenvalue weighted by atomic mass is 35.5. The van der Waals surface area contributed by atoms with E-state index in [1.165, 1.54) is 0 Å². The second-order valence-corrected chi connectivity index (χ2v) is 8.05. The fraction of sp³-hybridized carbons (Fsp3) is 0.130. The van der Waals surface area contributed by atoms with Gasteiger partial charge in [-0.05, 0) is 48.4 Å². The fourth-order valence-electron chi connectivity index (χ4n) is 3.30. The predicted octanol–water partition coefficient (Wildman–Crippen LogP) is 5.76. The minimum Gasteiger partial charge on any atom is -0.486 e. The minimum atomic E-state index is -1.11. The number of ether oxygens (including phenoxy) is 1. The van der Waals surface area contributed by atoms with Crippen molar-refractivity contribution < 1.29 is 19.1 Å². The van der Waals surface area contributed by atoms with Crippen LogP contribution < -0.4 is 16.2 Å². The number of rotatable bonds is 7. The lowest BCUT2D eigenvalue weighted by atomic mass is 10.1. The maximum absolute atomic E-state index is 11.0. The average Bonchev–Trinajstić information content (AvgIpc) is 3.17. The first kappa shape index (κ1) is 27.6. The molecule has 180 valence electrons. The number of fused-ring (bicyclic) bond motifs is 1. The van der Waals surface area contributed by atoms with Gasteiger partial charge >= 0.3 is 5.97 Å². The van der Waals surface area contributed by atoms with E-state index in [-0.39, 0.29) is 53.6 Å². The molecule has 4 aromatic rings. The number of anilines is 1. The Kier molecular flexibility index (Phi) is 9.44. The molecular formula is C23H21Cl4N3O4. The van der Waals surface area contributed by atoms with Crippen LogP contribution in [0.5, 0.6) is 5.75 Å². The van der Waals surface area contributed by atoms with Crippen molar-refractivity contribution in [1.82, 2.24) is 4.98 Å². The highest BCUT2D eigenvalue weighted by molar-refractivity contribution is 6.37. The van der Waals surface area contributed by atoms with Gasteiger partial charge in [0.05, 0.1) is 10.0 Å². The van der Waals surface area contributed by atoms with Crippen LogP contribution in [0, 0.1) is 0 Å². The van der Waals surface area contributed by atoms with E-state index in [1.807, 2.05) is 30.3 Å². The van der Waals surface area contributed by atoms with Crippen LogP contribution in [0.3, 0.4) is 0 Å². The van der Waals surface area contributed by atoms with E-state index in [4.69, 9.17) is 48.9 Å². The summed E-state index contributed by atoms with van der Waals surface area (Å²) in [5.74, 6) is -0.368. The molecule has 1 heterocycles. The molecule has 0 aliphatic heterocycles. The molecule has 0 aliphatic carbocycles. The van der Waals surface area contributed by atoms with E-state index in [9.17, 15) is 4.79 Å². The van der Waals surface area contributed by atoms with E-state index in [0.717, 1.165) is 5.56 Å². The third kappa shape index (κ3) is 6.05. The van der Waals surface area contributed by atoms with Crippen molar-refractivity contribution in [3.63, 3.8) is 0 Å². The summed E-state index contributed by atoms with van der Waals surface area (Å²) in [5.41, 5.74) is 15.4. The summed E-state index contributed by atoms with van der Waals surface area (Å²) in [4.78, 5) is 15.5. The Bertz CT molecular complexity index is 1280. The van der Waals surface area contributed by atoms with Crippen LogP contribution in [0.1, 0.15) is 11.1 Å². The highest BCUT2D eigenvalue weighted by Crippen LogP contribution is 2.36. The number of aliphatic carboxylic acids is 1. The van der Waals surface area contributed by atoms with E-state index in [0.29, 0.717) is 33.8 Å². The molecule has 0 fully saturated rings. The molecule has 0 bridgehead atoms. The molecule has 3 aromatic carbocycles. The number of oxazole rings is 1. The fourth-order valence-corrected chi connectivity index (χ4v) is 3.94. The van der Waals surface area contributed by atoms with Gasteiger partial charge in [0.25, 0.3) is 0 Å². The molecule has 5 N–H and O–H groups in total. The second kappa shape index (κ2) is 11.6. The van der Waals surface area contributed by atoms with Gasteiger partial charge in [0, 0.05) is 16.8 Å². The number of carboxylic acid groups (broad SMARTS) is 1. The molecule has 1 aromatic heterocycles. The summed E-state index contributed by atoms with van der Waals surface area (Å²) in [5, 5.41) is 9.48. The maximum Gasteiger partial charge on any atom is 0.320 e. The van der Waals surface area contributed by atoms with Crippen molar-refractivity contribution in [2.24, 2.45) is 5.73 Å². The Balaban J connectivity index is 0.00000204. The number of hydrogen-bond acceptors (Lipinski definition) is 6. The van der Waals surface area contributed by atoms with Crippen molar-refractivity contribution in [1.29, 1.82) is 0 Å². The highest BCUT2D eigenvalue weighted by Gasteiger charge is 2.18. The van der Waals surface area contributed by atoms with E-state index in [2.05, 4.69) is 4.98 Å². The lowest BCUT2D eigenvalue weighted by Gasteiger charge is -2.13. The smallest absolute Gasteiger partial charge is 0.320 e. The monoisotopic (exact) mass is 543 g/mol. The standard InChI is InChI=1S/C23H19Cl2N3O4.2ClH/c24-16-6-12(8-18(27)23(29)30)7-17(25)21(16)31-11-14-9-15(26)10-19-20(14)32-22(28-19)13-4-2-1-3-5-13;;/h1-7,9-10,18H,8,11,26-27H2,(H,29,30);2*1H. The zero-order valence-corrected chi connectivity index (χ0v) is 20.7. The van der Waals surface area contributed by atoms with Gasteiger partial charge in [-0.1, -0.05) is 41.4 Å². The van der Waals surface area contributed by atoms with Gasteiger partial charge in [0.15, 0.2) is 11.3 Å². The van der Waals surface area contributed by atoms with Crippen molar-refractivity contribution in [3.8, 4) is 17.2 Å². The number of nitrogen functional groups attached to an aromatic ring is 1. The Hall–Kier alpha value is -2.68. The van der Waals surface area contributed by atoms with Crippen molar-refractivity contribution in [3.05, 3.63) is 75.8 Å². The van der Waals surface area contributed by atoms with Crippen molar-refractivity contribution in [2.75, 3.05) is 5.73 Å². The number of carboxylic acids is 1. The molecule has 0 saturated heterocycles. The average molecular weight is 545 g/mol. The third-order valence-corrected chi connectivity index (χ3v) is 5.37. The molecule has 0 spiro atoms. The first-order valence-corrected chi connectivity index (χ1v) is 10.4. The number of benzene rings is 3. The summed E-state index contributed by atoms with van der Waals surface area (Å²) < 4.78 is 11.9. The van der Waals surface area contributed by atoms with Gasteiger partial charge in [0.1, 0.15) is 18.2 Å². The lowest BCUT2D eigenvalue weighted by Crippen LogP contribution is -2.32. The van der Waals surface area contributed by atoms with Crippen molar-refractivity contribution >= 4 is 70.8 Å². The zero-order chi connectivity index (χ0) is 22.8. The van der Waals surface area contributed by atoms with Gasteiger partial charge in [0.2, 0.25) is 5.89 Å². The summed E-state index contributed by atoms with van der Waals surface area (Å²) in [6, 6.07) is 15.1. The van der Waals surface area contributed by atoms with Gasteiger partial charge < -0.3 is 25.7 Å². The summed E-state index contributed by atoms with van der Waals surface area (Å²) in [6.07, 6.45) is 0.0885. The number of nitrogens with two attached hydrogens (primary N) is 2. The van der Waals surface area contributed by atoms with Crippen LogP contribution in [0.15, 0.2) is 59.0 Å². The topological polar surface area (TPSA) is 125 Å². The molecule has 0 aliphatic rings. The van der Waals surface area contributed by atoms with Crippen LogP contribution >= 0.6 is 48.0 Å². The van der Waals surface area contributed by atoms with Crippen LogP contribution in [-0.4, -0.2) is 22.1 Å². The molecule has 0 radical (unpaired) electrons. The first-order valence-electron chi connectivity index (χ1n) is 9.65. The van der Waals surface area contributed by atoms with Crippen LogP contribution in [0.4, 0.5) is 5.69 Å². The van der Waals surface area contributed by atoms with Crippen LogP contribution in [0.2, 0.25) is 10.0 Å². The SMILES string of the molecule is Cl.Cl.Nc1cc(COc2c(Cl)cc(CC(N)C(=O)O)cc2Cl)c2oc(-c3ccccc3)nc2c1. The number of halogens is 4. The second-order valence-electron chi connectivity index (χ2n) is 7.24. The number of hydrogen-bond donors (Lipinski definition) is 3. The third-order valence-electron chi connectivity index (χ3n) is 4.81. The van der Waals surface area contributed by atoms with Gasteiger partial charge in [-0.2, -0.15) is 0 Å². The van der Waals surface area contributed by atoms with E-state index < -0.39 is 12.0 Å². The Morgan fingerprint density at radius 1 is 1.09 bits per heavy atom.